The molecule has 122 valence electrons. The molecule has 2 N–H and O–H groups in total. The first-order chi connectivity index (χ1) is 11.1. The van der Waals surface area contributed by atoms with Crippen LogP contribution in [0.1, 0.15) is 16.7 Å². The standard InChI is InChI=1S/C19H22ClNO2/c1-14-10-18(6-7-19(14)20)23-13-17(22)12-21-9-8-15-4-2-3-5-16(15)11-21/h2-7,10,17,22H,8-9,11-13H2,1H3/p+1/t17-/m1/s1. The maximum absolute atomic E-state index is 10.3. The van der Waals surface area contributed by atoms with Gasteiger partial charge in [0.1, 0.15) is 31.5 Å². The van der Waals surface area contributed by atoms with Gasteiger partial charge in [-0.1, -0.05) is 35.9 Å². The molecule has 0 radical (unpaired) electrons. The molecule has 0 spiro atoms. The van der Waals surface area contributed by atoms with E-state index in [1.807, 2.05) is 25.1 Å². The van der Waals surface area contributed by atoms with Gasteiger partial charge in [0, 0.05) is 17.0 Å². The van der Waals surface area contributed by atoms with Gasteiger partial charge in [0.25, 0.3) is 0 Å². The van der Waals surface area contributed by atoms with E-state index in [-0.39, 0.29) is 0 Å². The Morgan fingerprint density at radius 3 is 2.78 bits per heavy atom. The SMILES string of the molecule is Cc1cc(OC[C@H](O)C[NH+]2CCc3ccccc3C2)ccc1Cl. The molecular weight excluding hydrogens is 310 g/mol. The number of nitrogens with one attached hydrogen (secondary N) is 1. The molecule has 0 amide bonds. The first-order valence-electron chi connectivity index (χ1n) is 8.09. The average Bonchev–Trinajstić information content (AvgIpc) is 2.56. The highest BCUT2D eigenvalue weighted by molar-refractivity contribution is 6.31. The summed E-state index contributed by atoms with van der Waals surface area (Å²) < 4.78 is 5.69. The highest BCUT2D eigenvalue weighted by atomic mass is 35.5. The summed E-state index contributed by atoms with van der Waals surface area (Å²) in [6.45, 7) is 5.01. The van der Waals surface area contributed by atoms with Gasteiger partial charge in [-0.25, -0.2) is 0 Å². The summed E-state index contributed by atoms with van der Waals surface area (Å²) in [6, 6.07) is 14.1. The van der Waals surface area contributed by atoms with Gasteiger partial charge in [-0.3, -0.25) is 0 Å². The molecule has 1 unspecified atom stereocenters. The smallest absolute Gasteiger partial charge is 0.137 e. The molecular formula is C19H23ClNO2+. The van der Waals surface area contributed by atoms with Gasteiger partial charge in [0.15, 0.2) is 0 Å². The van der Waals surface area contributed by atoms with Crippen molar-refractivity contribution in [1.82, 2.24) is 0 Å². The summed E-state index contributed by atoms with van der Waals surface area (Å²) in [5.41, 5.74) is 3.82. The van der Waals surface area contributed by atoms with Crippen molar-refractivity contribution in [3.63, 3.8) is 0 Å². The third-order valence-corrected chi connectivity index (χ3v) is 4.83. The molecule has 0 bridgehead atoms. The summed E-state index contributed by atoms with van der Waals surface area (Å²) in [5.74, 6) is 0.755. The lowest BCUT2D eigenvalue weighted by Crippen LogP contribution is -3.13. The summed E-state index contributed by atoms with van der Waals surface area (Å²) >= 11 is 6.01. The molecule has 3 nitrogen and oxygen atoms in total. The lowest BCUT2D eigenvalue weighted by Gasteiger charge is -2.27. The Morgan fingerprint density at radius 1 is 1.22 bits per heavy atom. The van der Waals surface area contributed by atoms with E-state index in [0.29, 0.717) is 13.2 Å². The fourth-order valence-electron chi connectivity index (χ4n) is 3.11. The fourth-order valence-corrected chi connectivity index (χ4v) is 3.23. The van der Waals surface area contributed by atoms with Gasteiger partial charge in [-0.2, -0.15) is 0 Å². The van der Waals surface area contributed by atoms with Gasteiger partial charge < -0.3 is 14.7 Å². The summed E-state index contributed by atoms with van der Waals surface area (Å²) in [7, 11) is 0. The molecule has 3 rings (SSSR count). The number of halogens is 1. The topological polar surface area (TPSA) is 33.9 Å². The predicted molar refractivity (Wildman–Crippen MR) is 92.2 cm³/mol. The van der Waals surface area contributed by atoms with Crippen LogP contribution in [0.4, 0.5) is 0 Å². The van der Waals surface area contributed by atoms with E-state index in [0.717, 1.165) is 35.8 Å². The van der Waals surface area contributed by atoms with E-state index in [1.54, 1.807) is 0 Å². The molecule has 1 heterocycles. The zero-order valence-corrected chi connectivity index (χ0v) is 14.1. The molecule has 0 fully saturated rings. The van der Waals surface area contributed by atoms with E-state index < -0.39 is 6.10 Å². The van der Waals surface area contributed by atoms with E-state index in [4.69, 9.17) is 16.3 Å². The summed E-state index contributed by atoms with van der Waals surface area (Å²) in [5, 5.41) is 11.0. The molecule has 0 aliphatic carbocycles. The molecule has 2 atom stereocenters. The number of benzene rings is 2. The average molecular weight is 333 g/mol. The maximum atomic E-state index is 10.3. The number of aryl methyl sites for hydroxylation is 1. The van der Waals surface area contributed by atoms with Crippen LogP contribution in [0.3, 0.4) is 0 Å². The molecule has 0 saturated heterocycles. The molecule has 2 aromatic rings. The third-order valence-electron chi connectivity index (χ3n) is 4.40. The molecule has 23 heavy (non-hydrogen) atoms. The zero-order chi connectivity index (χ0) is 16.2. The Bertz CT molecular complexity index is 674. The second-order valence-corrected chi connectivity index (χ2v) is 6.68. The third kappa shape index (κ3) is 4.25. The first kappa shape index (κ1) is 16.3. The minimum atomic E-state index is -0.466. The van der Waals surface area contributed by atoms with Crippen molar-refractivity contribution in [3.8, 4) is 5.75 Å². The van der Waals surface area contributed by atoms with Gasteiger partial charge in [0.05, 0.1) is 6.54 Å². The lowest BCUT2D eigenvalue weighted by atomic mass is 10.00. The molecule has 4 heteroatoms. The van der Waals surface area contributed by atoms with Crippen molar-refractivity contribution < 1.29 is 14.7 Å². The van der Waals surface area contributed by atoms with Gasteiger partial charge in [-0.05, 0) is 36.2 Å². The number of aliphatic hydroxyl groups excluding tert-OH is 1. The van der Waals surface area contributed by atoms with Crippen molar-refractivity contribution in [3.05, 3.63) is 64.2 Å². The number of hydrogen-bond acceptors (Lipinski definition) is 2. The van der Waals surface area contributed by atoms with Crippen LogP contribution in [0.15, 0.2) is 42.5 Å². The number of quaternary nitrogens is 1. The maximum Gasteiger partial charge on any atom is 0.137 e. The number of hydrogen-bond donors (Lipinski definition) is 2. The summed E-state index contributed by atoms with van der Waals surface area (Å²) in [4.78, 5) is 1.41. The monoisotopic (exact) mass is 332 g/mol. The van der Waals surface area contributed by atoms with E-state index in [1.165, 1.54) is 16.0 Å². The Balaban J connectivity index is 1.50. The van der Waals surface area contributed by atoms with Gasteiger partial charge in [0.2, 0.25) is 0 Å². The lowest BCUT2D eigenvalue weighted by molar-refractivity contribution is -0.918. The Hall–Kier alpha value is -1.55. The number of rotatable bonds is 5. The van der Waals surface area contributed by atoms with Crippen LogP contribution in [-0.2, 0) is 13.0 Å². The summed E-state index contributed by atoms with van der Waals surface area (Å²) in [6.07, 6.45) is 0.612. The number of aliphatic hydroxyl groups is 1. The fraction of sp³-hybridized carbons (Fsp3) is 0.368. The van der Waals surface area contributed by atoms with Gasteiger partial charge >= 0.3 is 0 Å². The molecule has 0 saturated carbocycles. The normalized spacial score (nSPS) is 18.3. The number of fused-ring (bicyclic) bond motifs is 1. The zero-order valence-electron chi connectivity index (χ0n) is 13.4. The predicted octanol–water partition coefficient (Wildman–Crippen LogP) is 2.03. The Kier molecular flexibility index (Phi) is 5.21. The van der Waals surface area contributed by atoms with Crippen molar-refractivity contribution in [2.75, 3.05) is 19.7 Å². The molecule has 0 aromatic heterocycles. The van der Waals surface area contributed by atoms with Gasteiger partial charge in [-0.15, -0.1) is 0 Å². The quantitative estimate of drug-likeness (QED) is 0.878. The minimum absolute atomic E-state index is 0.312. The van der Waals surface area contributed by atoms with Crippen LogP contribution in [0, 0.1) is 6.92 Å². The molecule has 2 aromatic carbocycles. The van der Waals surface area contributed by atoms with E-state index >= 15 is 0 Å². The molecule has 1 aliphatic rings. The van der Waals surface area contributed by atoms with Crippen molar-refractivity contribution in [1.29, 1.82) is 0 Å². The van der Waals surface area contributed by atoms with Crippen LogP contribution in [-0.4, -0.2) is 30.9 Å². The van der Waals surface area contributed by atoms with Crippen LogP contribution in [0.25, 0.3) is 0 Å². The largest absolute Gasteiger partial charge is 0.491 e. The Morgan fingerprint density at radius 2 is 2.00 bits per heavy atom. The molecule has 1 aliphatic heterocycles. The minimum Gasteiger partial charge on any atom is -0.491 e. The highest BCUT2D eigenvalue weighted by Gasteiger charge is 2.21. The van der Waals surface area contributed by atoms with E-state index in [9.17, 15) is 5.11 Å². The van der Waals surface area contributed by atoms with Crippen LogP contribution in [0.5, 0.6) is 5.75 Å². The van der Waals surface area contributed by atoms with Crippen molar-refractivity contribution in [2.45, 2.75) is 26.0 Å². The van der Waals surface area contributed by atoms with Crippen LogP contribution >= 0.6 is 11.6 Å². The van der Waals surface area contributed by atoms with Crippen molar-refractivity contribution >= 4 is 11.6 Å². The van der Waals surface area contributed by atoms with Crippen LogP contribution in [0.2, 0.25) is 5.02 Å². The van der Waals surface area contributed by atoms with Crippen LogP contribution < -0.4 is 9.64 Å². The second kappa shape index (κ2) is 7.35. The highest BCUT2D eigenvalue weighted by Crippen LogP contribution is 2.21. The van der Waals surface area contributed by atoms with Crippen molar-refractivity contribution in [2.24, 2.45) is 0 Å². The Labute approximate surface area is 142 Å². The first-order valence-corrected chi connectivity index (χ1v) is 8.47. The van der Waals surface area contributed by atoms with E-state index in [2.05, 4.69) is 24.3 Å². The number of ether oxygens (including phenoxy) is 1. The second-order valence-electron chi connectivity index (χ2n) is 6.28.